The van der Waals surface area contributed by atoms with Crippen LogP contribution in [0.4, 0.5) is 0 Å². The molecule has 0 aromatic heterocycles. The van der Waals surface area contributed by atoms with Gasteiger partial charge in [0, 0.05) is 19.0 Å². The highest BCUT2D eigenvalue weighted by atomic mass is 16.1. The van der Waals surface area contributed by atoms with Crippen LogP contribution in [0, 0.1) is 5.92 Å². The number of hydrogen-bond acceptors (Lipinski definition) is 2. The highest BCUT2D eigenvalue weighted by Crippen LogP contribution is 2.15. The van der Waals surface area contributed by atoms with Gasteiger partial charge in [-0.15, -0.1) is 0 Å². The lowest BCUT2D eigenvalue weighted by Crippen LogP contribution is -2.37. The van der Waals surface area contributed by atoms with Crippen molar-refractivity contribution in [2.45, 2.75) is 12.8 Å². The minimum Gasteiger partial charge on any atom is -0.303 e. The number of carbonyl (C=O) groups excluding carboxylic acids is 1. The Morgan fingerprint density at radius 3 is 2.87 bits per heavy atom. The van der Waals surface area contributed by atoms with Crippen LogP contribution in [-0.4, -0.2) is 30.8 Å². The Balaban J connectivity index is 2.49. The standard InChI is InChI=1S/C13H19NO/c1-3-6-12(4-2)9-14-8-5-7-13(10-14)11-15/h3-4,6,11,13H,1-2,5,7-10H2/b12-6+. The Morgan fingerprint density at radius 1 is 1.47 bits per heavy atom. The number of piperidine rings is 1. The molecule has 0 N–H and O–H groups in total. The van der Waals surface area contributed by atoms with E-state index in [2.05, 4.69) is 18.1 Å². The lowest BCUT2D eigenvalue weighted by Gasteiger charge is -2.30. The Bertz CT molecular complexity index is 268. The van der Waals surface area contributed by atoms with Gasteiger partial charge in [0.1, 0.15) is 6.29 Å². The number of hydrogen-bond donors (Lipinski definition) is 0. The Morgan fingerprint density at radius 2 is 2.27 bits per heavy atom. The van der Waals surface area contributed by atoms with Gasteiger partial charge in [0.25, 0.3) is 0 Å². The molecule has 2 nitrogen and oxygen atoms in total. The van der Waals surface area contributed by atoms with Crippen LogP contribution in [0.1, 0.15) is 12.8 Å². The molecule has 0 bridgehead atoms. The van der Waals surface area contributed by atoms with E-state index in [4.69, 9.17) is 0 Å². The normalized spacial score (nSPS) is 23.5. The summed E-state index contributed by atoms with van der Waals surface area (Å²) in [4.78, 5) is 13.0. The summed E-state index contributed by atoms with van der Waals surface area (Å²) in [5.74, 6) is 0.216. The summed E-state index contributed by atoms with van der Waals surface area (Å²) in [6, 6.07) is 0. The van der Waals surface area contributed by atoms with Crippen molar-refractivity contribution in [2.24, 2.45) is 5.92 Å². The molecule has 1 aliphatic heterocycles. The van der Waals surface area contributed by atoms with Gasteiger partial charge in [0.2, 0.25) is 0 Å². The summed E-state index contributed by atoms with van der Waals surface area (Å²) < 4.78 is 0. The maximum Gasteiger partial charge on any atom is 0.124 e. The van der Waals surface area contributed by atoms with Gasteiger partial charge in [-0.2, -0.15) is 0 Å². The highest BCUT2D eigenvalue weighted by Gasteiger charge is 2.18. The second-order valence-corrected chi connectivity index (χ2v) is 3.95. The average Bonchev–Trinajstić information content (AvgIpc) is 2.29. The molecule has 1 rings (SSSR count). The van der Waals surface area contributed by atoms with Gasteiger partial charge < -0.3 is 4.79 Å². The number of carbonyl (C=O) groups is 1. The van der Waals surface area contributed by atoms with Crippen molar-refractivity contribution >= 4 is 6.29 Å². The predicted molar refractivity (Wildman–Crippen MR) is 63.7 cm³/mol. The number of aldehydes is 1. The molecule has 0 radical (unpaired) electrons. The minimum absolute atomic E-state index is 0.216. The van der Waals surface area contributed by atoms with E-state index in [1.807, 2.05) is 12.2 Å². The maximum atomic E-state index is 10.7. The van der Waals surface area contributed by atoms with Gasteiger partial charge in [-0.05, 0) is 25.0 Å². The molecule has 0 spiro atoms. The lowest BCUT2D eigenvalue weighted by molar-refractivity contribution is -0.112. The van der Waals surface area contributed by atoms with Crippen molar-refractivity contribution in [3.8, 4) is 0 Å². The molecule has 2 heteroatoms. The molecule has 0 aromatic rings. The van der Waals surface area contributed by atoms with Crippen LogP contribution in [0.15, 0.2) is 37.0 Å². The van der Waals surface area contributed by atoms with Gasteiger partial charge in [0.05, 0.1) is 0 Å². The van der Waals surface area contributed by atoms with E-state index < -0.39 is 0 Å². The Labute approximate surface area is 92.0 Å². The first-order valence-corrected chi connectivity index (χ1v) is 5.41. The number of likely N-dealkylation sites (tertiary alicyclic amines) is 1. The third-order valence-electron chi connectivity index (χ3n) is 2.73. The van der Waals surface area contributed by atoms with E-state index in [1.54, 1.807) is 6.08 Å². The Hall–Kier alpha value is -1.15. The SMILES string of the molecule is C=C/C=C(\C=C)CN1CCCC(C=O)C1. The van der Waals surface area contributed by atoms with Crippen LogP contribution in [0.5, 0.6) is 0 Å². The summed E-state index contributed by atoms with van der Waals surface area (Å²) in [7, 11) is 0. The second-order valence-electron chi connectivity index (χ2n) is 3.95. The number of rotatable bonds is 5. The van der Waals surface area contributed by atoms with Crippen molar-refractivity contribution in [3.63, 3.8) is 0 Å². The monoisotopic (exact) mass is 205 g/mol. The largest absolute Gasteiger partial charge is 0.303 e. The molecule has 82 valence electrons. The van der Waals surface area contributed by atoms with Gasteiger partial charge in [-0.25, -0.2) is 0 Å². The maximum absolute atomic E-state index is 10.7. The van der Waals surface area contributed by atoms with Gasteiger partial charge >= 0.3 is 0 Å². The fraction of sp³-hybridized carbons (Fsp3) is 0.462. The molecule has 1 unspecified atom stereocenters. The molecule has 15 heavy (non-hydrogen) atoms. The van der Waals surface area contributed by atoms with E-state index in [-0.39, 0.29) is 5.92 Å². The summed E-state index contributed by atoms with van der Waals surface area (Å²) in [6.07, 6.45) is 8.83. The molecule has 0 saturated carbocycles. The average molecular weight is 205 g/mol. The molecule has 1 heterocycles. The fourth-order valence-corrected chi connectivity index (χ4v) is 1.94. The van der Waals surface area contributed by atoms with Crippen molar-refractivity contribution < 1.29 is 4.79 Å². The number of nitrogens with zero attached hydrogens (tertiary/aromatic N) is 1. The molecule has 0 amide bonds. The van der Waals surface area contributed by atoms with Crippen LogP contribution in [0.25, 0.3) is 0 Å². The first kappa shape index (κ1) is 11.9. The first-order chi connectivity index (χ1) is 7.30. The molecule has 1 saturated heterocycles. The molecule has 0 aliphatic carbocycles. The minimum atomic E-state index is 0.216. The van der Waals surface area contributed by atoms with E-state index in [9.17, 15) is 4.79 Å². The van der Waals surface area contributed by atoms with Crippen LogP contribution < -0.4 is 0 Å². The quantitative estimate of drug-likeness (QED) is 0.506. The molecule has 0 aromatic carbocycles. The smallest absolute Gasteiger partial charge is 0.124 e. The van der Waals surface area contributed by atoms with Gasteiger partial charge in [-0.1, -0.05) is 31.4 Å². The number of allylic oxidation sites excluding steroid dienone is 2. The lowest BCUT2D eigenvalue weighted by atomic mass is 9.99. The third-order valence-corrected chi connectivity index (χ3v) is 2.73. The zero-order chi connectivity index (χ0) is 11.1. The van der Waals surface area contributed by atoms with Crippen molar-refractivity contribution in [2.75, 3.05) is 19.6 Å². The zero-order valence-corrected chi connectivity index (χ0v) is 9.19. The molecular formula is C13H19NO. The van der Waals surface area contributed by atoms with E-state index in [0.29, 0.717) is 0 Å². The summed E-state index contributed by atoms with van der Waals surface area (Å²) >= 11 is 0. The van der Waals surface area contributed by atoms with Crippen LogP contribution in [0.3, 0.4) is 0 Å². The van der Waals surface area contributed by atoms with Crippen LogP contribution in [0.2, 0.25) is 0 Å². The molecule has 1 aliphatic rings. The van der Waals surface area contributed by atoms with Crippen LogP contribution >= 0.6 is 0 Å². The van der Waals surface area contributed by atoms with Crippen molar-refractivity contribution in [1.82, 2.24) is 4.90 Å². The van der Waals surface area contributed by atoms with Gasteiger partial charge in [0.15, 0.2) is 0 Å². The fourth-order valence-electron chi connectivity index (χ4n) is 1.94. The van der Waals surface area contributed by atoms with Crippen LogP contribution in [-0.2, 0) is 4.79 Å². The zero-order valence-electron chi connectivity index (χ0n) is 9.19. The molecule has 1 atom stereocenters. The third kappa shape index (κ3) is 3.84. The highest BCUT2D eigenvalue weighted by molar-refractivity contribution is 5.54. The summed E-state index contributed by atoms with van der Waals surface area (Å²) in [6.45, 7) is 10.3. The van der Waals surface area contributed by atoms with Crippen molar-refractivity contribution in [3.05, 3.63) is 37.0 Å². The van der Waals surface area contributed by atoms with Gasteiger partial charge in [-0.3, -0.25) is 4.90 Å². The van der Waals surface area contributed by atoms with E-state index >= 15 is 0 Å². The summed E-state index contributed by atoms with van der Waals surface area (Å²) in [5, 5.41) is 0. The Kier molecular flexibility index (Phi) is 5.05. The molecule has 1 fully saturated rings. The van der Waals surface area contributed by atoms with E-state index in [0.717, 1.165) is 44.3 Å². The predicted octanol–water partition coefficient (Wildman–Crippen LogP) is 2.20. The topological polar surface area (TPSA) is 20.3 Å². The first-order valence-electron chi connectivity index (χ1n) is 5.41. The van der Waals surface area contributed by atoms with E-state index in [1.165, 1.54) is 0 Å². The molecular weight excluding hydrogens is 186 g/mol. The second kappa shape index (κ2) is 6.36. The summed E-state index contributed by atoms with van der Waals surface area (Å²) in [5.41, 5.74) is 1.16. The van der Waals surface area contributed by atoms with Crippen molar-refractivity contribution in [1.29, 1.82) is 0 Å².